The molecule has 1 unspecified atom stereocenters. The molecule has 0 aliphatic carbocycles. The lowest BCUT2D eigenvalue weighted by molar-refractivity contribution is -0.132. The summed E-state index contributed by atoms with van der Waals surface area (Å²) in [6, 6.07) is 16.6. The van der Waals surface area contributed by atoms with Crippen molar-refractivity contribution in [1.82, 2.24) is 0 Å². The zero-order chi connectivity index (χ0) is 28.6. The molecule has 1 aliphatic heterocycles. The summed E-state index contributed by atoms with van der Waals surface area (Å²) in [7, 11) is 1.48. The van der Waals surface area contributed by atoms with Gasteiger partial charge in [0.2, 0.25) is 0 Å². The number of benzene rings is 3. The third kappa shape index (κ3) is 5.30. The summed E-state index contributed by atoms with van der Waals surface area (Å²) in [6.45, 7) is 11.3. The Hall–Kier alpha value is -4.39. The zero-order valence-corrected chi connectivity index (χ0v) is 23.3. The number of rotatable bonds is 5. The third-order valence-corrected chi connectivity index (χ3v) is 6.97. The van der Waals surface area contributed by atoms with E-state index in [4.69, 9.17) is 9.47 Å². The Morgan fingerprint density at radius 1 is 0.949 bits per heavy atom. The molecule has 0 saturated carbocycles. The van der Waals surface area contributed by atoms with Crippen LogP contribution in [0.25, 0.3) is 5.76 Å². The normalized spacial score (nSPS) is 16.9. The summed E-state index contributed by atoms with van der Waals surface area (Å²) in [6.07, 6.45) is 0. The number of hydrogen-bond donors (Lipinski definition) is 1. The molecule has 7 heteroatoms. The maximum Gasteiger partial charge on any atom is 0.308 e. The van der Waals surface area contributed by atoms with E-state index in [9.17, 15) is 19.5 Å². The van der Waals surface area contributed by atoms with E-state index >= 15 is 0 Å². The molecule has 1 amide bonds. The number of aliphatic hydroxyl groups is 1. The fraction of sp³-hybridized carbons (Fsp3) is 0.281. The topological polar surface area (TPSA) is 93.1 Å². The van der Waals surface area contributed by atoms with Crippen molar-refractivity contribution in [2.45, 2.75) is 53.0 Å². The minimum Gasteiger partial charge on any atom is -0.507 e. The number of carbonyl (C=O) groups excluding carboxylic acids is 3. The van der Waals surface area contributed by atoms with Gasteiger partial charge in [0.25, 0.3) is 11.7 Å². The first-order valence-corrected chi connectivity index (χ1v) is 12.7. The van der Waals surface area contributed by atoms with Gasteiger partial charge in [0, 0.05) is 12.6 Å². The molecule has 1 fully saturated rings. The summed E-state index contributed by atoms with van der Waals surface area (Å²) < 4.78 is 10.8. The summed E-state index contributed by atoms with van der Waals surface area (Å²) in [5.41, 5.74) is 3.89. The van der Waals surface area contributed by atoms with Crippen molar-refractivity contribution < 1.29 is 29.0 Å². The van der Waals surface area contributed by atoms with Gasteiger partial charge in [-0.05, 0) is 77.9 Å². The van der Waals surface area contributed by atoms with Crippen molar-refractivity contribution in [2.75, 3.05) is 12.0 Å². The van der Waals surface area contributed by atoms with Crippen molar-refractivity contribution in [3.63, 3.8) is 0 Å². The van der Waals surface area contributed by atoms with Crippen LogP contribution in [0.3, 0.4) is 0 Å². The Labute approximate surface area is 228 Å². The van der Waals surface area contributed by atoms with Crippen LogP contribution < -0.4 is 14.4 Å². The van der Waals surface area contributed by atoms with Crippen LogP contribution in [0.4, 0.5) is 5.69 Å². The van der Waals surface area contributed by atoms with E-state index < -0.39 is 23.7 Å². The van der Waals surface area contributed by atoms with Gasteiger partial charge in [-0.2, -0.15) is 0 Å². The molecule has 1 saturated heterocycles. The Kier molecular flexibility index (Phi) is 7.37. The lowest BCUT2D eigenvalue weighted by Gasteiger charge is -2.26. The zero-order valence-electron chi connectivity index (χ0n) is 23.3. The number of Topliss-reactive ketones (excluding diaryl/α,β-unsaturated/α-hetero) is 1. The maximum atomic E-state index is 13.6. The molecule has 1 aliphatic rings. The molecule has 0 aromatic heterocycles. The van der Waals surface area contributed by atoms with E-state index in [1.165, 1.54) is 18.9 Å². The van der Waals surface area contributed by atoms with Crippen LogP contribution in [-0.4, -0.2) is 29.9 Å². The number of aliphatic hydroxyl groups excluding tert-OH is 1. The van der Waals surface area contributed by atoms with E-state index in [0.29, 0.717) is 22.6 Å². The SMILES string of the molecule is COc1ccc(C(C)(C)C)cc1/C(O)=C1\C(=O)C(=O)N(c2ccc(C)c(C)c2)C1c1cccc(OC(C)=O)c1. The highest BCUT2D eigenvalue weighted by molar-refractivity contribution is 6.51. The number of esters is 1. The molecule has 39 heavy (non-hydrogen) atoms. The summed E-state index contributed by atoms with van der Waals surface area (Å²) >= 11 is 0. The van der Waals surface area contributed by atoms with Gasteiger partial charge < -0.3 is 14.6 Å². The first-order valence-electron chi connectivity index (χ1n) is 12.7. The highest BCUT2D eigenvalue weighted by Gasteiger charge is 2.47. The van der Waals surface area contributed by atoms with Crippen molar-refractivity contribution in [3.8, 4) is 11.5 Å². The minimum atomic E-state index is -0.981. The predicted molar refractivity (Wildman–Crippen MR) is 150 cm³/mol. The van der Waals surface area contributed by atoms with E-state index in [-0.39, 0.29) is 22.5 Å². The van der Waals surface area contributed by atoms with Crippen molar-refractivity contribution in [3.05, 3.63) is 94.1 Å². The van der Waals surface area contributed by atoms with Gasteiger partial charge in [-0.1, -0.05) is 45.0 Å². The Morgan fingerprint density at radius 2 is 1.67 bits per heavy atom. The second kappa shape index (κ2) is 10.4. The second-order valence-corrected chi connectivity index (χ2v) is 10.8. The summed E-state index contributed by atoms with van der Waals surface area (Å²) in [5, 5.41) is 11.7. The molecule has 1 N–H and O–H groups in total. The standard InChI is InChI=1S/C32H33NO6/c1-18-11-13-23(15-19(18)2)33-28(21-9-8-10-24(16-21)39-20(3)34)27(30(36)31(33)37)29(35)25-17-22(32(4,5)6)12-14-26(25)38-7/h8-17,28,35H,1-7H3/b29-27+. The largest absolute Gasteiger partial charge is 0.507 e. The first kappa shape index (κ1) is 27.6. The molecule has 4 rings (SSSR count). The van der Waals surface area contributed by atoms with Gasteiger partial charge in [-0.3, -0.25) is 19.3 Å². The van der Waals surface area contributed by atoms with Gasteiger partial charge >= 0.3 is 5.97 Å². The van der Waals surface area contributed by atoms with Crippen LogP contribution in [0.15, 0.2) is 66.2 Å². The van der Waals surface area contributed by atoms with Gasteiger partial charge in [0.15, 0.2) is 0 Å². The molecule has 0 bridgehead atoms. The lowest BCUT2D eigenvalue weighted by atomic mass is 9.85. The van der Waals surface area contributed by atoms with E-state index in [1.807, 2.05) is 52.8 Å². The van der Waals surface area contributed by atoms with Gasteiger partial charge in [-0.25, -0.2) is 0 Å². The number of hydrogen-bond acceptors (Lipinski definition) is 6. The summed E-state index contributed by atoms with van der Waals surface area (Å²) in [4.78, 5) is 40.3. The number of aryl methyl sites for hydroxylation is 2. The smallest absolute Gasteiger partial charge is 0.308 e. The number of ether oxygens (including phenoxy) is 2. The van der Waals surface area contributed by atoms with Crippen LogP contribution >= 0.6 is 0 Å². The Morgan fingerprint density at radius 3 is 2.28 bits per heavy atom. The molecule has 202 valence electrons. The number of methoxy groups -OCH3 is 1. The predicted octanol–water partition coefficient (Wildman–Crippen LogP) is 6.16. The van der Waals surface area contributed by atoms with Crippen LogP contribution in [0.5, 0.6) is 11.5 Å². The molecule has 3 aromatic carbocycles. The average molecular weight is 528 g/mol. The number of carbonyl (C=O) groups is 3. The molecule has 0 radical (unpaired) electrons. The molecule has 0 spiro atoms. The fourth-order valence-electron chi connectivity index (χ4n) is 4.71. The molecule has 3 aromatic rings. The average Bonchev–Trinajstić information content (AvgIpc) is 3.14. The van der Waals surface area contributed by atoms with E-state index in [0.717, 1.165) is 16.7 Å². The Bertz CT molecular complexity index is 1510. The monoisotopic (exact) mass is 527 g/mol. The lowest BCUT2D eigenvalue weighted by Crippen LogP contribution is -2.29. The van der Waals surface area contributed by atoms with E-state index in [1.54, 1.807) is 42.5 Å². The summed E-state index contributed by atoms with van der Waals surface area (Å²) in [5.74, 6) is -1.81. The number of amides is 1. The van der Waals surface area contributed by atoms with Crippen LogP contribution in [0, 0.1) is 13.8 Å². The maximum absolute atomic E-state index is 13.6. The molecular weight excluding hydrogens is 494 g/mol. The number of ketones is 1. The highest BCUT2D eigenvalue weighted by atomic mass is 16.5. The third-order valence-electron chi connectivity index (χ3n) is 6.97. The molecule has 7 nitrogen and oxygen atoms in total. The molecular formula is C32H33NO6. The van der Waals surface area contributed by atoms with Crippen molar-refractivity contribution in [1.29, 1.82) is 0 Å². The fourth-order valence-corrected chi connectivity index (χ4v) is 4.71. The van der Waals surface area contributed by atoms with Crippen molar-refractivity contribution >= 4 is 29.1 Å². The van der Waals surface area contributed by atoms with Gasteiger partial charge in [0.05, 0.1) is 24.3 Å². The number of anilines is 1. The van der Waals surface area contributed by atoms with Gasteiger partial charge in [-0.15, -0.1) is 0 Å². The van der Waals surface area contributed by atoms with Crippen molar-refractivity contribution in [2.24, 2.45) is 0 Å². The number of nitrogens with zero attached hydrogens (tertiary/aromatic N) is 1. The first-order chi connectivity index (χ1) is 18.3. The quantitative estimate of drug-likeness (QED) is 0.140. The van der Waals surface area contributed by atoms with Crippen LogP contribution in [-0.2, 0) is 19.8 Å². The highest BCUT2D eigenvalue weighted by Crippen LogP contribution is 2.44. The molecule has 1 atom stereocenters. The van der Waals surface area contributed by atoms with Gasteiger partial charge in [0.1, 0.15) is 17.3 Å². The minimum absolute atomic E-state index is 0.0810. The molecule has 1 heterocycles. The van der Waals surface area contributed by atoms with E-state index in [2.05, 4.69) is 0 Å². The van der Waals surface area contributed by atoms with Crippen LogP contribution in [0.1, 0.15) is 61.6 Å². The Balaban J connectivity index is 2.01. The second-order valence-electron chi connectivity index (χ2n) is 10.8. The van der Waals surface area contributed by atoms with Crippen LogP contribution in [0.2, 0.25) is 0 Å².